The monoisotopic (exact) mass is 405 g/mol. The van der Waals surface area contributed by atoms with Gasteiger partial charge in [0.1, 0.15) is 16.1 Å². The van der Waals surface area contributed by atoms with Gasteiger partial charge in [-0.15, -0.1) is 0 Å². The van der Waals surface area contributed by atoms with Gasteiger partial charge in [-0.25, -0.2) is 0 Å². The quantitative estimate of drug-likeness (QED) is 0.372. The average molecular weight is 406 g/mol. The van der Waals surface area contributed by atoms with Crippen molar-refractivity contribution in [2.45, 2.75) is 5.92 Å². The highest BCUT2D eigenvalue weighted by atomic mass is 32.1. The Kier molecular flexibility index (Phi) is 3.99. The second-order valence-corrected chi connectivity index (χ2v) is 7.33. The number of fused-ring (bicyclic) bond motifs is 4. The van der Waals surface area contributed by atoms with Crippen molar-refractivity contribution in [1.29, 1.82) is 0 Å². The number of hydrogen-bond acceptors (Lipinski definition) is 5. The lowest BCUT2D eigenvalue weighted by Gasteiger charge is -2.29. The van der Waals surface area contributed by atoms with Crippen molar-refractivity contribution in [3.8, 4) is 17.4 Å². The molecule has 2 N–H and O–H groups in total. The Balaban J connectivity index is 1.83. The van der Waals surface area contributed by atoms with E-state index < -0.39 is 0 Å². The van der Waals surface area contributed by atoms with E-state index in [9.17, 15) is 0 Å². The molecule has 5 rings (SSSR count). The largest absolute Gasteiger partial charge is 0.497 e. The van der Waals surface area contributed by atoms with E-state index in [0.717, 1.165) is 39.1 Å². The van der Waals surface area contributed by atoms with Crippen LogP contribution in [0.5, 0.6) is 17.4 Å². The number of H-pyrrole nitrogens is 2. The summed E-state index contributed by atoms with van der Waals surface area (Å²) < 4.78 is 12.6. The van der Waals surface area contributed by atoms with Crippen molar-refractivity contribution in [3.05, 3.63) is 80.8 Å². The van der Waals surface area contributed by atoms with E-state index in [1.54, 1.807) is 13.3 Å². The summed E-state index contributed by atoms with van der Waals surface area (Å²) in [7, 11) is 1.66. The van der Waals surface area contributed by atoms with Gasteiger partial charge in [-0.3, -0.25) is 4.98 Å². The fourth-order valence-electron chi connectivity index (χ4n) is 3.70. The first kappa shape index (κ1) is 17.1. The van der Waals surface area contributed by atoms with Crippen LogP contribution in [0.25, 0.3) is 10.9 Å². The van der Waals surface area contributed by atoms with Crippen molar-refractivity contribution >= 4 is 35.3 Å². The topological polar surface area (TPSA) is 62.9 Å². The molecule has 5 nitrogen and oxygen atoms in total. The van der Waals surface area contributed by atoms with Crippen molar-refractivity contribution in [2.24, 2.45) is 0 Å². The lowest BCUT2D eigenvalue weighted by molar-refractivity contribution is 0.414. The highest BCUT2D eigenvalue weighted by Gasteiger charge is 2.32. The van der Waals surface area contributed by atoms with E-state index >= 15 is 0 Å². The van der Waals surface area contributed by atoms with Crippen molar-refractivity contribution in [2.75, 3.05) is 7.11 Å². The van der Waals surface area contributed by atoms with Crippen LogP contribution < -0.4 is 9.47 Å². The Morgan fingerprint density at radius 3 is 2.64 bits per heavy atom. The summed E-state index contributed by atoms with van der Waals surface area (Å²) in [5, 5.41) is 0.947. The molecule has 0 fully saturated rings. The predicted molar refractivity (Wildman–Crippen MR) is 113 cm³/mol. The fraction of sp³-hybridized carbons (Fsp3) is 0.0952. The molecule has 138 valence electrons. The zero-order chi connectivity index (χ0) is 19.3. The minimum atomic E-state index is -0.107. The zero-order valence-corrected chi connectivity index (χ0v) is 16.5. The fourth-order valence-corrected chi connectivity index (χ4v) is 4.27. The molecule has 1 unspecified atom stereocenters. The van der Waals surface area contributed by atoms with E-state index in [2.05, 4.69) is 21.0 Å². The Bertz CT molecular complexity index is 1330. The predicted octanol–water partition coefficient (Wildman–Crippen LogP) is 5.64. The molecular weight excluding hydrogens is 390 g/mol. The Morgan fingerprint density at radius 2 is 1.86 bits per heavy atom. The molecular formula is C21H15N3O2S2. The van der Waals surface area contributed by atoms with Gasteiger partial charge in [-0.05, 0) is 48.1 Å². The number of rotatable bonds is 2. The van der Waals surface area contributed by atoms with Gasteiger partial charge in [-0.2, -0.15) is 0 Å². The minimum Gasteiger partial charge on any atom is -0.497 e. The van der Waals surface area contributed by atoms with Gasteiger partial charge in [0.2, 0.25) is 5.88 Å². The maximum atomic E-state index is 6.28. The number of methoxy groups -OCH3 is 1. The summed E-state index contributed by atoms with van der Waals surface area (Å²) in [5.74, 6) is 2.03. The van der Waals surface area contributed by atoms with Crippen LogP contribution in [0.4, 0.5) is 0 Å². The number of hydrogen-bond donors (Lipinski definition) is 2. The number of aromatic amines is 2. The molecule has 4 aromatic rings. The molecule has 1 atom stereocenters. The van der Waals surface area contributed by atoms with Crippen LogP contribution in [0, 0.1) is 9.41 Å². The molecule has 2 aromatic carbocycles. The summed E-state index contributed by atoms with van der Waals surface area (Å²) in [6, 6.07) is 16.0. The maximum absolute atomic E-state index is 6.28. The average Bonchev–Trinajstić information content (AvgIpc) is 2.72. The van der Waals surface area contributed by atoms with E-state index in [-0.39, 0.29) is 5.92 Å². The van der Waals surface area contributed by atoms with Crippen LogP contribution in [0.3, 0.4) is 0 Å². The van der Waals surface area contributed by atoms with Gasteiger partial charge in [-0.1, -0.05) is 30.4 Å². The van der Waals surface area contributed by atoms with Crippen LogP contribution in [-0.2, 0) is 0 Å². The lowest BCUT2D eigenvalue weighted by Crippen LogP contribution is -2.14. The van der Waals surface area contributed by atoms with Crippen LogP contribution in [-0.4, -0.2) is 22.1 Å². The van der Waals surface area contributed by atoms with Crippen molar-refractivity contribution in [3.63, 3.8) is 0 Å². The number of benzene rings is 2. The molecule has 1 aliphatic heterocycles. The third-order valence-electron chi connectivity index (χ3n) is 4.96. The van der Waals surface area contributed by atoms with Crippen LogP contribution in [0.1, 0.15) is 22.6 Å². The Morgan fingerprint density at radius 1 is 1.04 bits per heavy atom. The van der Waals surface area contributed by atoms with Crippen LogP contribution >= 0.6 is 24.4 Å². The lowest BCUT2D eigenvalue weighted by atomic mass is 9.83. The SMILES string of the molecule is COc1ccc(C2c3ccc4ncccc4c3Oc3[nH]c(=S)[nH]c(=S)c32)cc1. The highest BCUT2D eigenvalue weighted by molar-refractivity contribution is 7.72. The van der Waals surface area contributed by atoms with Crippen LogP contribution in [0.2, 0.25) is 0 Å². The molecule has 0 saturated carbocycles. The van der Waals surface area contributed by atoms with E-state index in [1.807, 2.05) is 42.5 Å². The number of pyridine rings is 1. The summed E-state index contributed by atoms with van der Waals surface area (Å²) in [6.45, 7) is 0. The van der Waals surface area contributed by atoms with Crippen molar-refractivity contribution < 1.29 is 9.47 Å². The van der Waals surface area contributed by atoms with E-state index in [1.165, 1.54) is 0 Å². The molecule has 0 radical (unpaired) electrons. The molecule has 1 aliphatic rings. The summed E-state index contributed by atoms with van der Waals surface area (Å²) >= 11 is 10.9. The molecule has 2 aromatic heterocycles. The number of ether oxygens (including phenoxy) is 2. The van der Waals surface area contributed by atoms with Gasteiger partial charge in [0.05, 0.1) is 18.2 Å². The second-order valence-electron chi connectivity index (χ2n) is 6.51. The third kappa shape index (κ3) is 2.63. The standard InChI is InChI=1S/C21H15N3O2S2/c1-25-12-6-4-11(5-7-12)16-14-8-9-15-13(3-2-10-22-15)18(14)26-19-17(16)20(27)24-21(28)23-19/h2-10,16H,1H3,(H2,23,24,27,28). The summed E-state index contributed by atoms with van der Waals surface area (Å²) in [4.78, 5) is 10.6. The molecule has 0 bridgehead atoms. The first-order valence-electron chi connectivity index (χ1n) is 8.71. The smallest absolute Gasteiger partial charge is 0.206 e. The van der Waals surface area contributed by atoms with Gasteiger partial charge in [0.25, 0.3) is 0 Å². The first-order chi connectivity index (χ1) is 13.7. The third-order valence-corrected chi connectivity index (χ3v) is 5.49. The molecule has 3 heterocycles. The number of nitrogens with zero attached hydrogens (tertiary/aromatic N) is 1. The number of aromatic nitrogens is 3. The van der Waals surface area contributed by atoms with Gasteiger partial charge >= 0.3 is 0 Å². The highest BCUT2D eigenvalue weighted by Crippen LogP contribution is 2.49. The minimum absolute atomic E-state index is 0.107. The molecule has 28 heavy (non-hydrogen) atoms. The molecule has 0 spiro atoms. The normalized spacial score (nSPS) is 14.8. The van der Waals surface area contributed by atoms with Gasteiger partial charge in [0.15, 0.2) is 4.77 Å². The van der Waals surface area contributed by atoms with Gasteiger partial charge in [0, 0.05) is 23.1 Å². The zero-order valence-electron chi connectivity index (χ0n) is 14.9. The second kappa shape index (κ2) is 6.54. The summed E-state index contributed by atoms with van der Waals surface area (Å²) in [6.07, 6.45) is 1.77. The van der Waals surface area contributed by atoms with E-state index in [4.69, 9.17) is 33.9 Å². The molecule has 7 heteroatoms. The Hall–Kier alpha value is -3.03. The van der Waals surface area contributed by atoms with Crippen LogP contribution in [0.15, 0.2) is 54.7 Å². The van der Waals surface area contributed by atoms with E-state index in [0.29, 0.717) is 15.3 Å². The maximum Gasteiger partial charge on any atom is 0.206 e. The first-order valence-corrected chi connectivity index (χ1v) is 9.53. The molecule has 0 saturated heterocycles. The summed E-state index contributed by atoms with van der Waals surface area (Å²) in [5.41, 5.74) is 3.85. The van der Waals surface area contributed by atoms with Crippen molar-refractivity contribution in [1.82, 2.24) is 15.0 Å². The molecule has 0 aliphatic carbocycles. The van der Waals surface area contributed by atoms with Gasteiger partial charge < -0.3 is 19.4 Å². The number of nitrogens with one attached hydrogen (secondary N) is 2. The molecule has 0 amide bonds. The Labute approximate surface area is 171 Å².